The molecule has 0 saturated heterocycles. The molecule has 8 heteroatoms. The van der Waals surface area contributed by atoms with Crippen LogP contribution in [0.5, 0.6) is 5.75 Å². The van der Waals surface area contributed by atoms with Crippen molar-refractivity contribution in [2.45, 2.75) is 66.3 Å². The number of anilines is 1. The highest BCUT2D eigenvalue weighted by atomic mass is 16.5. The van der Waals surface area contributed by atoms with E-state index in [4.69, 9.17) is 19.9 Å². The highest BCUT2D eigenvalue weighted by Gasteiger charge is 2.19. The molecule has 0 aliphatic rings. The lowest BCUT2D eigenvalue weighted by Gasteiger charge is -2.25. The Hall–Kier alpha value is -3.10. The lowest BCUT2D eigenvalue weighted by Crippen LogP contribution is -2.44. The molecule has 2 aromatic carbocycles. The molecule has 0 fully saturated rings. The second-order valence-electron chi connectivity index (χ2n) is 9.84. The number of rotatable bonds is 16. The van der Waals surface area contributed by atoms with Crippen LogP contribution < -0.4 is 15.8 Å². The molecule has 0 aromatic heterocycles. The Morgan fingerprint density at radius 3 is 2.18 bits per heavy atom. The van der Waals surface area contributed by atoms with Crippen molar-refractivity contribution in [2.24, 2.45) is 0 Å². The molecule has 39 heavy (non-hydrogen) atoms. The summed E-state index contributed by atoms with van der Waals surface area (Å²) >= 11 is 0. The molecular weight excluding hydrogens is 494 g/mol. The van der Waals surface area contributed by atoms with Gasteiger partial charge in [0.1, 0.15) is 18.8 Å². The number of para-hydroxylation sites is 1. The van der Waals surface area contributed by atoms with Crippen LogP contribution in [0.2, 0.25) is 0 Å². The SMILES string of the molecule is CCCCOc1c(N)cccc1C(=O)OCCN(CC)CC.CCCNC(C)(C)COC(=O)c1ccccc1. The van der Waals surface area contributed by atoms with Crippen molar-refractivity contribution in [2.75, 3.05) is 51.7 Å². The number of esters is 2. The van der Waals surface area contributed by atoms with Crippen molar-refractivity contribution in [3.05, 3.63) is 59.7 Å². The van der Waals surface area contributed by atoms with E-state index in [0.29, 0.717) is 42.4 Å². The van der Waals surface area contributed by atoms with Crippen LogP contribution in [0.4, 0.5) is 5.69 Å². The van der Waals surface area contributed by atoms with Crippen LogP contribution in [-0.2, 0) is 9.47 Å². The van der Waals surface area contributed by atoms with Crippen LogP contribution in [0.3, 0.4) is 0 Å². The smallest absolute Gasteiger partial charge is 0.342 e. The third kappa shape index (κ3) is 13.5. The summed E-state index contributed by atoms with van der Waals surface area (Å²) in [5.41, 5.74) is 7.20. The highest BCUT2D eigenvalue weighted by molar-refractivity contribution is 5.94. The van der Waals surface area contributed by atoms with E-state index in [-0.39, 0.29) is 17.5 Å². The molecule has 0 aliphatic heterocycles. The molecule has 0 radical (unpaired) electrons. The summed E-state index contributed by atoms with van der Waals surface area (Å²) in [5.74, 6) is -0.216. The molecular formula is C31H49N3O5. The van der Waals surface area contributed by atoms with E-state index in [1.807, 2.05) is 32.0 Å². The fourth-order valence-electron chi connectivity index (χ4n) is 3.50. The van der Waals surface area contributed by atoms with Crippen molar-refractivity contribution in [3.8, 4) is 5.75 Å². The molecule has 0 bridgehead atoms. The van der Waals surface area contributed by atoms with Crippen molar-refractivity contribution >= 4 is 17.6 Å². The first kappa shape index (κ1) is 33.9. The Balaban J connectivity index is 0.000000403. The normalized spacial score (nSPS) is 10.9. The minimum absolute atomic E-state index is 0.180. The average Bonchev–Trinajstić information content (AvgIpc) is 2.94. The summed E-state index contributed by atoms with van der Waals surface area (Å²) in [6.45, 7) is 17.3. The molecule has 2 aromatic rings. The molecule has 218 valence electrons. The quantitative estimate of drug-likeness (QED) is 0.161. The molecule has 0 aliphatic carbocycles. The van der Waals surface area contributed by atoms with Gasteiger partial charge in [0.2, 0.25) is 0 Å². The van der Waals surface area contributed by atoms with Crippen molar-refractivity contribution in [1.82, 2.24) is 10.2 Å². The van der Waals surface area contributed by atoms with E-state index in [1.165, 1.54) is 0 Å². The summed E-state index contributed by atoms with van der Waals surface area (Å²) in [6.07, 6.45) is 3.01. The number of hydrogen-bond acceptors (Lipinski definition) is 8. The number of carbonyl (C=O) groups is 2. The maximum absolute atomic E-state index is 12.2. The van der Waals surface area contributed by atoms with Gasteiger partial charge in [-0.1, -0.05) is 58.4 Å². The fourth-order valence-corrected chi connectivity index (χ4v) is 3.50. The number of ether oxygens (including phenoxy) is 3. The van der Waals surface area contributed by atoms with Crippen molar-refractivity contribution in [1.29, 1.82) is 0 Å². The van der Waals surface area contributed by atoms with Gasteiger partial charge in [-0.05, 0) is 70.6 Å². The van der Waals surface area contributed by atoms with Gasteiger partial charge in [-0.15, -0.1) is 0 Å². The molecule has 0 spiro atoms. The number of unbranched alkanes of at least 4 members (excludes halogenated alkanes) is 1. The third-order valence-corrected chi connectivity index (χ3v) is 5.97. The Kier molecular flexibility index (Phi) is 16.6. The van der Waals surface area contributed by atoms with Gasteiger partial charge in [-0.25, -0.2) is 9.59 Å². The minimum Gasteiger partial charge on any atom is -0.491 e. The number of nitrogen functional groups attached to an aromatic ring is 1. The zero-order chi connectivity index (χ0) is 29.1. The van der Waals surface area contributed by atoms with Crippen LogP contribution in [0.1, 0.15) is 81.5 Å². The van der Waals surface area contributed by atoms with Gasteiger partial charge in [0.05, 0.1) is 17.9 Å². The summed E-state index contributed by atoms with van der Waals surface area (Å²) in [7, 11) is 0. The van der Waals surface area contributed by atoms with Crippen molar-refractivity contribution < 1.29 is 23.8 Å². The maximum atomic E-state index is 12.2. The number of hydrogen-bond donors (Lipinski definition) is 2. The van der Waals surface area contributed by atoms with Gasteiger partial charge in [0.25, 0.3) is 0 Å². The summed E-state index contributed by atoms with van der Waals surface area (Å²) < 4.78 is 16.3. The van der Waals surface area contributed by atoms with Gasteiger partial charge in [-0.3, -0.25) is 0 Å². The minimum atomic E-state index is -0.383. The largest absolute Gasteiger partial charge is 0.491 e. The molecule has 0 unspecified atom stereocenters. The number of benzene rings is 2. The fraction of sp³-hybridized carbons (Fsp3) is 0.548. The Labute approximate surface area is 235 Å². The predicted molar refractivity (Wildman–Crippen MR) is 158 cm³/mol. The number of nitrogens with one attached hydrogen (secondary N) is 1. The topological polar surface area (TPSA) is 103 Å². The van der Waals surface area contributed by atoms with Crippen LogP contribution in [0.15, 0.2) is 48.5 Å². The molecule has 3 N–H and O–H groups in total. The second-order valence-corrected chi connectivity index (χ2v) is 9.84. The van der Waals surface area contributed by atoms with Crippen LogP contribution in [-0.4, -0.2) is 68.4 Å². The molecule has 0 saturated carbocycles. The number of nitrogens with zero attached hydrogens (tertiary/aromatic N) is 1. The first-order chi connectivity index (χ1) is 18.7. The molecule has 0 amide bonds. The van der Waals surface area contributed by atoms with Gasteiger partial charge >= 0.3 is 11.9 Å². The number of carbonyl (C=O) groups excluding carboxylic acids is 2. The van der Waals surface area contributed by atoms with Crippen LogP contribution in [0.25, 0.3) is 0 Å². The van der Waals surface area contributed by atoms with E-state index in [2.05, 4.69) is 37.9 Å². The van der Waals surface area contributed by atoms with E-state index in [0.717, 1.165) is 45.4 Å². The first-order valence-corrected chi connectivity index (χ1v) is 14.1. The molecule has 0 atom stereocenters. The monoisotopic (exact) mass is 543 g/mol. The van der Waals surface area contributed by atoms with Gasteiger partial charge < -0.3 is 30.2 Å². The number of likely N-dealkylation sites (N-methyl/N-ethyl adjacent to an activating group) is 1. The summed E-state index contributed by atoms with van der Waals surface area (Å²) in [5, 5.41) is 3.34. The summed E-state index contributed by atoms with van der Waals surface area (Å²) in [6, 6.07) is 14.2. The Bertz CT molecular complexity index is 962. The van der Waals surface area contributed by atoms with E-state index in [9.17, 15) is 9.59 Å². The predicted octanol–water partition coefficient (Wildman–Crippen LogP) is 5.57. The van der Waals surface area contributed by atoms with Crippen LogP contribution >= 0.6 is 0 Å². The van der Waals surface area contributed by atoms with E-state index < -0.39 is 0 Å². The molecule has 0 heterocycles. The first-order valence-electron chi connectivity index (χ1n) is 14.1. The zero-order valence-electron chi connectivity index (χ0n) is 24.8. The molecule has 2 rings (SSSR count). The lowest BCUT2D eigenvalue weighted by molar-refractivity contribution is 0.0400. The molecule has 8 nitrogen and oxygen atoms in total. The maximum Gasteiger partial charge on any atom is 0.342 e. The van der Waals surface area contributed by atoms with Gasteiger partial charge in [0.15, 0.2) is 5.75 Å². The third-order valence-electron chi connectivity index (χ3n) is 5.97. The average molecular weight is 544 g/mol. The van der Waals surface area contributed by atoms with E-state index in [1.54, 1.807) is 30.3 Å². The Morgan fingerprint density at radius 1 is 0.872 bits per heavy atom. The van der Waals surface area contributed by atoms with Crippen molar-refractivity contribution in [3.63, 3.8) is 0 Å². The highest BCUT2D eigenvalue weighted by Crippen LogP contribution is 2.27. The van der Waals surface area contributed by atoms with Gasteiger partial charge in [0, 0.05) is 12.1 Å². The van der Waals surface area contributed by atoms with Crippen LogP contribution in [0, 0.1) is 0 Å². The standard InChI is InChI=1S/C17H28N2O3.C14H21NO2/c1-4-7-12-21-16-14(9-8-10-15(16)18)17(20)22-13-11-19(5-2)6-3;1-4-10-15-14(2,3)11-17-13(16)12-8-6-5-7-9-12/h8-10H,4-7,11-13,18H2,1-3H3;5-9,15H,4,10-11H2,1-3H3. The number of nitrogens with two attached hydrogens (primary N) is 1. The second kappa shape index (κ2) is 19.0. The van der Waals surface area contributed by atoms with E-state index >= 15 is 0 Å². The van der Waals surface area contributed by atoms with Gasteiger partial charge in [-0.2, -0.15) is 0 Å². The zero-order valence-corrected chi connectivity index (χ0v) is 24.8. The lowest BCUT2D eigenvalue weighted by atomic mass is 10.1. The summed E-state index contributed by atoms with van der Waals surface area (Å²) in [4.78, 5) is 26.1. The Morgan fingerprint density at radius 2 is 1.56 bits per heavy atom.